The van der Waals surface area contributed by atoms with Crippen LogP contribution in [0.5, 0.6) is 0 Å². The zero-order chi connectivity index (χ0) is 16.4. The summed E-state index contributed by atoms with van der Waals surface area (Å²) in [5.74, 6) is -0.957. The molecule has 1 aliphatic rings. The minimum absolute atomic E-state index is 0.171. The molecule has 1 saturated heterocycles. The lowest BCUT2D eigenvalue weighted by Gasteiger charge is -2.22. The molecule has 23 heavy (non-hydrogen) atoms. The maximum absolute atomic E-state index is 14.0. The molecule has 1 aromatic carbocycles. The van der Waals surface area contributed by atoms with Crippen molar-refractivity contribution in [3.8, 4) is 0 Å². The average Bonchev–Trinajstić information content (AvgIpc) is 2.77. The van der Waals surface area contributed by atoms with Crippen LogP contribution >= 0.6 is 0 Å². The Morgan fingerprint density at radius 3 is 2.57 bits per heavy atom. The highest BCUT2D eigenvalue weighted by Gasteiger charge is 2.49. The van der Waals surface area contributed by atoms with Gasteiger partial charge in [-0.1, -0.05) is 18.2 Å². The van der Waals surface area contributed by atoms with Crippen LogP contribution in [0.1, 0.15) is 18.1 Å². The molecule has 1 unspecified atom stereocenters. The summed E-state index contributed by atoms with van der Waals surface area (Å²) in [6.45, 7) is 1.76. The molecule has 2 aromatic rings. The fraction of sp³-hybridized carbons (Fsp3) is 0.235. The molecule has 5 nitrogen and oxygen atoms in total. The van der Waals surface area contributed by atoms with E-state index in [0.29, 0.717) is 6.42 Å². The van der Waals surface area contributed by atoms with Crippen molar-refractivity contribution in [1.82, 2.24) is 15.2 Å². The lowest BCUT2D eigenvalue weighted by Crippen LogP contribution is -2.41. The predicted molar refractivity (Wildman–Crippen MR) is 81.9 cm³/mol. The second-order valence-corrected chi connectivity index (χ2v) is 5.60. The van der Waals surface area contributed by atoms with Gasteiger partial charge in [0.05, 0.1) is 0 Å². The van der Waals surface area contributed by atoms with Gasteiger partial charge in [-0.25, -0.2) is 9.18 Å². The van der Waals surface area contributed by atoms with Crippen LogP contribution in [0.3, 0.4) is 0 Å². The minimum atomic E-state index is -1.37. The quantitative estimate of drug-likeness (QED) is 0.881. The van der Waals surface area contributed by atoms with Gasteiger partial charge in [0.2, 0.25) is 0 Å². The van der Waals surface area contributed by atoms with E-state index in [-0.39, 0.29) is 12.1 Å². The van der Waals surface area contributed by atoms with Gasteiger partial charge in [-0.2, -0.15) is 0 Å². The fourth-order valence-electron chi connectivity index (χ4n) is 2.74. The Kier molecular flexibility index (Phi) is 3.82. The number of amides is 3. The van der Waals surface area contributed by atoms with Crippen LogP contribution < -0.4 is 5.32 Å². The second kappa shape index (κ2) is 5.79. The number of hydrogen-bond acceptors (Lipinski definition) is 3. The fourth-order valence-corrected chi connectivity index (χ4v) is 2.74. The van der Waals surface area contributed by atoms with Crippen molar-refractivity contribution in [2.75, 3.05) is 6.54 Å². The van der Waals surface area contributed by atoms with Crippen LogP contribution in [0.2, 0.25) is 0 Å². The molecule has 0 bridgehead atoms. The molecule has 1 atom stereocenters. The second-order valence-electron chi connectivity index (χ2n) is 5.60. The molecule has 1 fully saturated rings. The maximum Gasteiger partial charge on any atom is 0.325 e. The molecule has 1 aromatic heterocycles. The molecule has 118 valence electrons. The molecule has 3 rings (SSSR count). The van der Waals surface area contributed by atoms with Gasteiger partial charge in [-0.05, 0) is 37.1 Å². The third-order valence-electron chi connectivity index (χ3n) is 4.06. The topological polar surface area (TPSA) is 62.3 Å². The third kappa shape index (κ3) is 2.67. The number of nitrogens with zero attached hydrogens (tertiary/aromatic N) is 2. The largest absolute Gasteiger partial charge is 0.325 e. The Labute approximate surface area is 133 Å². The smallest absolute Gasteiger partial charge is 0.319 e. The Morgan fingerprint density at radius 1 is 1.17 bits per heavy atom. The molecule has 0 radical (unpaired) electrons. The number of imide groups is 1. The number of rotatable bonds is 4. The highest BCUT2D eigenvalue weighted by molar-refractivity contribution is 6.07. The van der Waals surface area contributed by atoms with E-state index >= 15 is 0 Å². The van der Waals surface area contributed by atoms with Crippen molar-refractivity contribution in [1.29, 1.82) is 0 Å². The van der Waals surface area contributed by atoms with E-state index in [1.165, 1.54) is 19.1 Å². The molecule has 2 heterocycles. The van der Waals surface area contributed by atoms with Crippen LogP contribution in [-0.2, 0) is 16.8 Å². The molecular weight excluding hydrogens is 297 g/mol. The normalized spacial score (nSPS) is 20.7. The summed E-state index contributed by atoms with van der Waals surface area (Å²) in [5, 5.41) is 2.61. The molecule has 0 aliphatic carbocycles. The van der Waals surface area contributed by atoms with Crippen molar-refractivity contribution in [3.05, 3.63) is 65.7 Å². The average molecular weight is 313 g/mol. The number of urea groups is 1. The maximum atomic E-state index is 14.0. The SMILES string of the molecule is CC1(c2ccccc2F)NC(=O)N(CCc2ccncc2)C1=O. The van der Waals surface area contributed by atoms with E-state index in [9.17, 15) is 14.0 Å². The highest BCUT2D eigenvalue weighted by Crippen LogP contribution is 2.30. The Hall–Kier alpha value is -2.76. The lowest BCUT2D eigenvalue weighted by molar-refractivity contribution is -0.131. The van der Waals surface area contributed by atoms with E-state index < -0.39 is 23.3 Å². The van der Waals surface area contributed by atoms with Crippen LogP contribution in [0.25, 0.3) is 0 Å². The van der Waals surface area contributed by atoms with Gasteiger partial charge in [-0.3, -0.25) is 14.7 Å². The van der Waals surface area contributed by atoms with E-state index in [2.05, 4.69) is 10.3 Å². The summed E-state index contributed by atoms with van der Waals surface area (Å²) in [5.41, 5.74) is -0.231. The predicted octanol–water partition coefficient (Wildman–Crippen LogP) is 2.23. The standard InChI is InChI=1S/C17H16FN3O2/c1-17(13-4-2-3-5-14(13)18)15(22)21(16(23)20-17)11-8-12-6-9-19-10-7-12/h2-7,9-10H,8,11H2,1H3,(H,20,23). The zero-order valence-corrected chi connectivity index (χ0v) is 12.6. The summed E-state index contributed by atoms with van der Waals surface area (Å²) >= 11 is 0. The summed E-state index contributed by atoms with van der Waals surface area (Å²) < 4.78 is 14.0. The van der Waals surface area contributed by atoms with Crippen LogP contribution in [0.15, 0.2) is 48.8 Å². The van der Waals surface area contributed by atoms with E-state index in [1.807, 2.05) is 12.1 Å². The van der Waals surface area contributed by atoms with Crippen molar-refractivity contribution in [2.24, 2.45) is 0 Å². The van der Waals surface area contributed by atoms with Gasteiger partial charge in [0.25, 0.3) is 5.91 Å². The number of carbonyl (C=O) groups is 2. The first-order valence-corrected chi connectivity index (χ1v) is 7.30. The number of pyridine rings is 1. The number of aromatic nitrogens is 1. The molecule has 6 heteroatoms. The summed E-state index contributed by atoms with van der Waals surface area (Å²) in [7, 11) is 0. The highest BCUT2D eigenvalue weighted by atomic mass is 19.1. The Bertz CT molecular complexity index is 751. The Morgan fingerprint density at radius 2 is 1.87 bits per heavy atom. The summed E-state index contributed by atoms with van der Waals surface area (Å²) in [4.78, 5) is 29.9. The first kappa shape index (κ1) is 15.1. The monoisotopic (exact) mass is 313 g/mol. The molecule has 1 aliphatic heterocycles. The summed E-state index contributed by atoms with van der Waals surface area (Å²) in [6.07, 6.45) is 3.84. The van der Waals surface area contributed by atoms with Crippen LogP contribution in [0, 0.1) is 5.82 Å². The van der Waals surface area contributed by atoms with Gasteiger partial charge in [-0.15, -0.1) is 0 Å². The van der Waals surface area contributed by atoms with Gasteiger partial charge < -0.3 is 5.32 Å². The van der Waals surface area contributed by atoms with Crippen molar-refractivity contribution in [2.45, 2.75) is 18.9 Å². The molecular formula is C17H16FN3O2. The van der Waals surface area contributed by atoms with E-state index in [1.54, 1.807) is 24.5 Å². The van der Waals surface area contributed by atoms with Crippen molar-refractivity contribution >= 4 is 11.9 Å². The van der Waals surface area contributed by atoms with Crippen LogP contribution in [-0.4, -0.2) is 28.4 Å². The van der Waals surface area contributed by atoms with Crippen LogP contribution in [0.4, 0.5) is 9.18 Å². The van der Waals surface area contributed by atoms with Gasteiger partial charge in [0.15, 0.2) is 0 Å². The molecule has 1 N–H and O–H groups in total. The third-order valence-corrected chi connectivity index (χ3v) is 4.06. The Balaban J connectivity index is 1.81. The first-order valence-electron chi connectivity index (χ1n) is 7.30. The number of hydrogen-bond donors (Lipinski definition) is 1. The lowest BCUT2D eigenvalue weighted by atomic mass is 9.91. The zero-order valence-electron chi connectivity index (χ0n) is 12.6. The first-order chi connectivity index (χ1) is 11.0. The number of nitrogens with one attached hydrogen (secondary N) is 1. The van der Waals surface area contributed by atoms with Gasteiger partial charge >= 0.3 is 6.03 Å². The van der Waals surface area contributed by atoms with Gasteiger partial charge in [0, 0.05) is 24.5 Å². The molecule has 0 spiro atoms. The van der Waals surface area contributed by atoms with Crippen molar-refractivity contribution < 1.29 is 14.0 Å². The number of carbonyl (C=O) groups excluding carboxylic acids is 2. The number of halogens is 1. The summed E-state index contributed by atoms with van der Waals surface area (Å²) in [6, 6.07) is 9.13. The van der Waals surface area contributed by atoms with E-state index in [4.69, 9.17) is 0 Å². The minimum Gasteiger partial charge on any atom is -0.319 e. The molecule has 3 amide bonds. The number of benzene rings is 1. The van der Waals surface area contributed by atoms with Gasteiger partial charge in [0.1, 0.15) is 11.4 Å². The molecule has 0 saturated carbocycles. The van der Waals surface area contributed by atoms with E-state index in [0.717, 1.165) is 10.5 Å². The van der Waals surface area contributed by atoms with Crippen molar-refractivity contribution in [3.63, 3.8) is 0 Å².